The van der Waals surface area contributed by atoms with E-state index in [0.717, 1.165) is 0 Å². The molecule has 0 radical (unpaired) electrons. The molecule has 6 heteroatoms. The number of nitrogens with zero attached hydrogens (tertiary/aromatic N) is 1. The Morgan fingerprint density at radius 1 is 1.21 bits per heavy atom. The number of benzene rings is 1. The minimum absolute atomic E-state index is 0.0694. The van der Waals surface area contributed by atoms with E-state index in [4.69, 9.17) is 0 Å². The number of anilines is 1. The van der Waals surface area contributed by atoms with E-state index in [-0.39, 0.29) is 11.0 Å². The molecule has 1 aromatic carbocycles. The summed E-state index contributed by atoms with van der Waals surface area (Å²) in [5, 5.41) is 9.38. The largest absolute Gasteiger partial charge is 0.360 e. The minimum Gasteiger partial charge on any atom is -0.360 e. The van der Waals surface area contributed by atoms with E-state index in [1.807, 2.05) is 6.07 Å². The summed E-state index contributed by atoms with van der Waals surface area (Å²) in [5.74, 6) is -0.464. The zero-order valence-electron chi connectivity index (χ0n) is 9.81. The monoisotopic (exact) mass is 254 g/mol. The molecule has 0 atom stereocenters. The predicted octanol–water partition coefficient (Wildman–Crippen LogP) is 1.50. The number of carbonyl (C=O) groups is 1. The summed E-state index contributed by atoms with van der Waals surface area (Å²) >= 11 is 0. The number of para-hydroxylation sites is 1. The van der Waals surface area contributed by atoms with Crippen molar-refractivity contribution in [2.75, 3.05) is 5.32 Å². The van der Waals surface area contributed by atoms with Crippen molar-refractivity contribution < 1.29 is 4.79 Å². The number of carbonyl (C=O) groups excluding carboxylic acids is 1. The maximum atomic E-state index is 12.2. The molecule has 1 amide bonds. The molecule has 0 aliphatic carbocycles. The van der Waals surface area contributed by atoms with Gasteiger partial charge < -0.3 is 10.3 Å². The normalized spacial score (nSPS) is 10.5. The van der Waals surface area contributed by atoms with Crippen molar-refractivity contribution in [1.29, 1.82) is 0 Å². The average Bonchev–Trinajstić information content (AvgIpc) is 2.92. The van der Waals surface area contributed by atoms with Crippen LogP contribution in [0.3, 0.4) is 0 Å². The van der Waals surface area contributed by atoms with Crippen LogP contribution in [0.5, 0.6) is 0 Å². The zero-order valence-corrected chi connectivity index (χ0v) is 9.81. The summed E-state index contributed by atoms with van der Waals surface area (Å²) in [6.07, 6.45) is 4.42. The van der Waals surface area contributed by atoms with Crippen molar-refractivity contribution in [1.82, 2.24) is 15.2 Å². The van der Waals surface area contributed by atoms with Crippen LogP contribution < -0.4 is 10.7 Å². The van der Waals surface area contributed by atoms with Gasteiger partial charge in [0.05, 0.1) is 11.9 Å². The quantitative estimate of drug-likeness (QED) is 0.647. The van der Waals surface area contributed by atoms with E-state index in [9.17, 15) is 9.59 Å². The fraction of sp³-hybridized carbons (Fsp3) is 0. The van der Waals surface area contributed by atoms with Crippen LogP contribution in [0.25, 0.3) is 10.9 Å². The number of fused-ring (bicyclic) bond motifs is 1. The highest BCUT2D eigenvalue weighted by molar-refractivity contribution is 6.05. The topological polar surface area (TPSA) is 90.6 Å². The van der Waals surface area contributed by atoms with Gasteiger partial charge in [0, 0.05) is 23.3 Å². The second kappa shape index (κ2) is 4.41. The highest BCUT2D eigenvalue weighted by Crippen LogP contribution is 2.09. The molecule has 2 aromatic heterocycles. The summed E-state index contributed by atoms with van der Waals surface area (Å²) in [4.78, 5) is 27.1. The number of hydrogen-bond donors (Lipinski definition) is 3. The van der Waals surface area contributed by atoms with Crippen molar-refractivity contribution >= 4 is 22.5 Å². The Kier molecular flexibility index (Phi) is 2.60. The Labute approximate surface area is 107 Å². The molecular weight excluding hydrogens is 244 g/mol. The number of hydrogen-bond acceptors (Lipinski definition) is 3. The molecule has 0 fully saturated rings. The minimum atomic E-state index is -0.464. The first kappa shape index (κ1) is 11.2. The van der Waals surface area contributed by atoms with Crippen LogP contribution in [0.4, 0.5) is 5.69 Å². The lowest BCUT2D eigenvalue weighted by Gasteiger charge is -2.03. The van der Waals surface area contributed by atoms with E-state index >= 15 is 0 Å². The van der Waals surface area contributed by atoms with Crippen molar-refractivity contribution in [2.24, 2.45) is 0 Å². The summed E-state index contributed by atoms with van der Waals surface area (Å²) < 4.78 is 0. The lowest BCUT2D eigenvalue weighted by Crippen LogP contribution is -2.21. The SMILES string of the molecule is O=C(Nc1cn[nH]c1)c1c[nH]c2ccccc2c1=O. The zero-order chi connectivity index (χ0) is 13.2. The lowest BCUT2D eigenvalue weighted by molar-refractivity contribution is 0.102. The lowest BCUT2D eigenvalue weighted by atomic mass is 10.1. The first-order valence-electron chi connectivity index (χ1n) is 5.66. The van der Waals surface area contributed by atoms with Gasteiger partial charge >= 0.3 is 0 Å². The average molecular weight is 254 g/mol. The van der Waals surface area contributed by atoms with Gasteiger partial charge in [0.1, 0.15) is 5.56 Å². The molecule has 3 aromatic rings. The van der Waals surface area contributed by atoms with E-state index in [1.165, 1.54) is 18.6 Å². The van der Waals surface area contributed by atoms with Crippen molar-refractivity contribution in [3.63, 3.8) is 0 Å². The maximum absolute atomic E-state index is 12.2. The van der Waals surface area contributed by atoms with E-state index in [2.05, 4.69) is 20.5 Å². The highest BCUT2D eigenvalue weighted by atomic mass is 16.2. The van der Waals surface area contributed by atoms with Crippen LogP contribution >= 0.6 is 0 Å². The first-order chi connectivity index (χ1) is 9.25. The van der Waals surface area contributed by atoms with Gasteiger partial charge in [-0.25, -0.2) is 0 Å². The molecule has 0 saturated carbocycles. The van der Waals surface area contributed by atoms with Crippen LogP contribution in [0.2, 0.25) is 0 Å². The van der Waals surface area contributed by atoms with Crippen LogP contribution in [0.15, 0.2) is 47.7 Å². The fourth-order valence-corrected chi connectivity index (χ4v) is 1.85. The second-order valence-corrected chi connectivity index (χ2v) is 4.02. The molecule has 0 saturated heterocycles. The molecule has 0 aliphatic heterocycles. The van der Waals surface area contributed by atoms with Crippen LogP contribution in [0, 0.1) is 0 Å². The molecule has 0 spiro atoms. The number of rotatable bonds is 2. The van der Waals surface area contributed by atoms with Gasteiger partial charge in [0.15, 0.2) is 0 Å². The van der Waals surface area contributed by atoms with Gasteiger partial charge in [-0.05, 0) is 12.1 Å². The molecule has 6 nitrogen and oxygen atoms in total. The Bertz CT molecular complexity index is 790. The number of amides is 1. The van der Waals surface area contributed by atoms with Gasteiger partial charge in [-0.15, -0.1) is 0 Å². The van der Waals surface area contributed by atoms with Crippen LogP contribution in [-0.2, 0) is 0 Å². The van der Waals surface area contributed by atoms with Crippen molar-refractivity contribution in [3.05, 3.63) is 58.6 Å². The van der Waals surface area contributed by atoms with E-state index < -0.39 is 5.91 Å². The Hall–Kier alpha value is -2.89. The summed E-state index contributed by atoms with van der Waals surface area (Å²) in [7, 11) is 0. The summed E-state index contributed by atoms with van der Waals surface area (Å²) in [5.41, 5.74) is 0.986. The predicted molar refractivity (Wildman–Crippen MR) is 71.1 cm³/mol. The van der Waals surface area contributed by atoms with E-state index in [1.54, 1.807) is 18.2 Å². The number of aromatic nitrogens is 3. The molecular formula is C13H10N4O2. The standard InChI is InChI=1S/C13H10N4O2/c18-12-9-3-1-2-4-11(9)14-7-10(12)13(19)17-8-5-15-16-6-8/h1-7H,(H,14,18)(H,15,16)(H,17,19). The van der Waals surface area contributed by atoms with Crippen LogP contribution in [0.1, 0.15) is 10.4 Å². The van der Waals surface area contributed by atoms with Crippen molar-refractivity contribution in [2.45, 2.75) is 0 Å². The summed E-state index contributed by atoms with van der Waals surface area (Å²) in [6.45, 7) is 0. The van der Waals surface area contributed by atoms with Crippen LogP contribution in [-0.4, -0.2) is 21.1 Å². The first-order valence-corrected chi connectivity index (χ1v) is 5.66. The third kappa shape index (κ3) is 1.99. The third-order valence-electron chi connectivity index (χ3n) is 2.79. The van der Waals surface area contributed by atoms with Gasteiger partial charge in [-0.3, -0.25) is 14.7 Å². The molecule has 3 N–H and O–H groups in total. The van der Waals surface area contributed by atoms with Gasteiger partial charge in [0.25, 0.3) is 5.91 Å². The summed E-state index contributed by atoms with van der Waals surface area (Å²) in [6, 6.07) is 7.05. The van der Waals surface area contributed by atoms with Gasteiger partial charge in [-0.2, -0.15) is 5.10 Å². The van der Waals surface area contributed by atoms with Crippen molar-refractivity contribution in [3.8, 4) is 0 Å². The molecule has 0 unspecified atom stereocenters. The number of H-pyrrole nitrogens is 2. The Balaban J connectivity index is 2.03. The molecule has 94 valence electrons. The third-order valence-corrected chi connectivity index (χ3v) is 2.79. The molecule has 2 heterocycles. The number of aromatic amines is 2. The van der Waals surface area contributed by atoms with E-state index in [0.29, 0.717) is 16.6 Å². The number of nitrogens with one attached hydrogen (secondary N) is 3. The molecule has 3 rings (SSSR count). The van der Waals surface area contributed by atoms with Gasteiger partial charge in [-0.1, -0.05) is 12.1 Å². The molecule has 19 heavy (non-hydrogen) atoms. The number of pyridine rings is 1. The Morgan fingerprint density at radius 2 is 2.05 bits per heavy atom. The highest BCUT2D eigenvalue weighted by Gasteiger charge is 2.13. The fourth-order valence-electron chi connectivity index (χ4n) is 1.85. The van der Waals surface area contributed by atoms with Gasteiger partial charge in [0.2, 0.25) is 5.43 Å². The second-order valence-electron chi connectivity index (χ2n) is 4.02. The molecule has 0 bridgehead atoms. The Morgan fingerprint density at radius 3 is 2.84 bits per heavy atom. The molecule has 0 aliphatic rings. The smallest absolute Gasteiger partial charge is 0.261 e. The maximum Gasteiger partial charge on any atom is 0.261 e.